The van der Waals surface area contributed by atoms with Crippen LogP contribution >= 0.6 is 0 Å². The first-order valence-electron chi connectivity index (χ1n) is 12.1. The molecule has 0 fully saturated rings. The smallest absolute Gasteiger partial charge is 0.326 e. The van der Waals surface area contributed by atoms with Crippen LogP contribution in [0, 0.1) is 11.8 Å². The molecule has 206 valence electrons. The van der Waals surface area contributed by atoms with Crippen LogP contribution in [-0.2, 0) is 30.4 Å². The number of benzene rings is 1. The van der Waals surface area contributed by atoms with Crippen LogP contribution in [0.4, 0.5) is 0 Å². The third-order valence-corrected chi connectivity index (χ3v) is 5.40. The number of hydrogen-bond acceptors (Lipinski definition) is 7. The highest BCUT2D eigenvalue weighted by Gasteiger charge is 2.31. The molecule has 0 bridgehead atoms. The molecule has 0 radical (unpaired) electrons. The van der Waals surface area contributed by atoms with Gasteiger partial charge in [-0.3, -0.25) is 19.2 Å². The molecule has 0 spiro atoms. The van der Waals surface area contributed by atoms with Crippen molar-refractivity contribution in [3.8, 4) is 5.75 Å². The van der Waals surface area contributed by atoms with Gasteiger partial charge in [0, 0.05) is 6.42 Å². The lowest BCUT2D eigenvalue weighted by Crippen LogP contribution is -2.58. The third-order valence-electron chi connectivity index (χ3n) is 5.40. The fourth-order valence-corrected chi connectivity index (χ4v) is 3.58. The minimum atomic E-state index is -1.37. The van der Waals surface area contributed by atoms with Gasteiger partial charge < -0.3 is 37.0 Å². The van der Waals surface area contributed by atoms with Crippen molar-refractivity contribution < 1.29 is 39.3 Å². The molecule has 1 aromatic rings. The standard InChI is InChI=1S/C25H38N4O8/c1-13(2)9-18(27-22(33)17(26)12-21(31)32)23(34)28-19(11-15-5-7-16(30)8-6-15)24(35)29-20(25(36)37)10-14(3)4/h5-8,13-14,17-20,30H,9-12,26H2,1-4H3,(H,27,33)(H,28,34)(H,29,35)(H,31,32)(H,36,37). The fraction of sp³-hybridized carbons (Fsp3) is 0.560. The topological polar surface area (TPSA) is 208 Å². The second-order valence-electron chi connectivity index (χ2n) is 9.86. The van der Waals surface area contributed by atoms with Crippen LogP contribution in [0.15, 0.2) is 24.3 Å². The van der Waals surface area contributed by atoms with Crippen LogP contribution in [0.2, 0.25) is 0 Å². The molecular formula is C25H38N4O8. The molecule has 0 aromatic heterocycles. The minimum Gasteiger partial charge on any atom is -0.508 e. The van der Waals surface area contributed by atoms with Gasteiger partial charge in [-0.25, -0.2) is 4.79 Å². The maximum absolute atomic E-state index is 13.2. The van der Waals surface area contributed by atoms with Gasteiger partial charge in [0.15, 0.2) is 0 Å². The van der Waals surface area contributed by atoms with Crippen molar-refractivity contribution in [3.05, 3.63) is 29.8 Å². The molecule has 12 nitrogen and oxygen atoms in total. The lowest BCUT2D eigenvalue weighted by atomic mass is 9.99. The van der Waals surface area contributed by atoms with Crippen molar-refractivity contribution in [1.29, 1.82) is 0 Å². The maximum Gasteiger partial charge on any atom is 0.326 e. The van der Waals surface area contributed by atoms with Gasteiger partial charge in [-0.15, -0.1) is 0 Å². The predicted molar refractivity (Wildman–Crippen MR) is 134 cm³/mol. The molecule has 8 N–H and O–H groups in total. The highest BCUT2D eigenvalue weighted by atomic mass is 16.4. The molecule has 0 aliphatic carbocycles. The molecular weight excluding hydrogens is 484 g/mol. The summed E-state index contributed by atoms with van der Waals surface area (Å²) in [6, 6.07) is 1.08. The average Bonchev–Trinajstić information content (AvgIpc) is 2.77. The normalized spacial score (nSPS) is 14.4. The quantitative estimate of drug-likeness (QED) is 0.169. The van der Waals surface area contributed by atoms with Gasteiger partial charge in [0.25, 0.3) is 0 Å². The van der Waals surface area contributed by atoms with Crippen molar-refractivity contribution >= 4 is 29.7 Å². The Morgan fingerprint density at radius 1 is 0.757 bits per heavy atom. The highest BCUT2D eigenvalue weighted by Crippen LogP contribution is 2.13. The summed E-state index contributed by atoms with van der Waals surface area (Å²) in [5.74, 6) is -4.82. The number of rotatable bonds is 15. The Hall–Kier alpha value is -3.67. The molecule has 0 saturated carbocycles. The van der Waals surface area contributed by atoms with E-state index in [0.717, 1.165) is 0 Å². The van der Waals surface area contributed by atoms with Crippen molar-refractivity contribution in [3.63, 3.8) is 0 Å². The number of aliphatic carboxylic acids is 2. The Morgan fingerprint density at radius 2 is 1.22 bits per heavy atom. The molecule has 3 amide bonds. The number of hydrogen-bond donors (Lipinski definition) is 7. The van der Waals surface area contributed by atoms with E-state index in [1.165, 1.54) is 12.1 Å². The predicted octanol–water partition coefficient (Wildman–Crippen LogP) is 0.368. The third kappa shape index (κ3) is 11.7. The SMILES string of the molecule is CC(C)CC(NC(=O)C(Cc1ccc(O)cc1)NC(=O)C(CC(C)C)NC(=O)C(N)CC(=O)O)C(=O)O. The van der Waals surface area contributed by atoms with Gasteiger partial charge in [0.1, 0.15) is 23.9 Å². The summed E-state index contributed by atoms with van der Waals surface area (Å²) < 4.78 is 0. The largest absolute Gasteiger partial charge is 0.508 e. The van der Waals surface area contributed by atoms with Crippen LogP contribution in [0.5, 0.6) is 5.75 Å². The number of carbonyl (C=O) groups is 5. The van der Waals surface area contributed by atoms with E-state index in [-0.39, 0.29) is 36.8 Å². The van der Waals surface area contributed by atoms with Crippen molar-refractivity contribution in [2.45, 2.75) is 77.5 Å². The van der Waals surface area contributed by atoms with E-state index in [1.54, 1.807) is 12.1 Å². The number of phenolic OH excluding ortho intramolecular Hbond substituents is 1. The molecule has 0 heterocycles. The fourth-order valence-electron chi connectivity index (χ4n) is 3.58. The molecule has 1 rings (SSSR count). The summed E-state index contributed by atoms with van der Waals surface area (Å²) in [6.07, 6.45) is -0.294. The first-order valence-corrected chi connectivity index (χ1v) is 12.1. The zero-order chi connectivity index (χ0) is 28.3. The van der Waals surface area contributed by atoms with Gasteiger partial charge in [-0.05, 0) is 42.4 Å². The van der Waals surface area contributed by atoms with Crippen LogP contribution in [0.3, 0.4) is 0 Å². The number of aromatic hydroxyl groups is 1. The van der Waals surface area contributed by atoms with Crippen LogP contribution in [0.1, 0.15) is 52.5 Å². The summed E-state index contributed by atoms with van der Waals surface area (Å²) in [6.45, 7) is 7.25. The van der Waals surface area contributed by atoms with Crippen LogP contribution in [-0.4, -0.2) is 69.1 Å². The molecule has 4 atom stereocenters. The maximum atomic E-state index is 13.2. The van der Waals surface area contributed by atoms with Crippen molar-refractivity contribution in [2.75, 3.05) is 0 Å². The van der Waals surface area contributed by atoms with Gasteiger partial charge in [-0.1, -0.05) is 39.8 Å². The van der Waals surface area contributed by atoms with E-state index in [0.29, 0.717) is 5.56 Å². The summed E-state index contributed by atoms with van der Waals surface area (Å²) >= 11 is 0. The van der Waals surface area contributed by atoms with E-state index in [2.05, 4.69) is 16.0 Å². The second-order valence-corrected chi connectivity index (χ2v) is 9.86. The monoisotopic (exact) mass is 522 g/mol. The first-order chi connectivity index (χ1) is 17.2. The Labute approximate surface area is 216 Å². The number of nitrogens with one attached hydrogen (secondary N) is 3. The van der Waals surface area contributed by atoms with Gasteiger partial charge in [0.05, 0.1) is 12.5 Å². The summed E-state index contributed by atoms with van der Waals surface area (Å²) in [7, 11) is 0. The first kappa shape index (κ1) is 31.4. The Kier molecular flexibility index (Phi) is 12.5. The summed E-state index contributed by atoms with van der Waals surface area (Å²) in [5.41, 5.74) is 6.20. The number of phenols is 1. The molecule has 37 heavy (non-hydrogen) atoms. The Bertz CT molecular complexity index is 949. The molecule has 0 saturated heterocycles. The summed E-state index contributed by atoms with van der Waals surface area (Å²) in [4.78, 5) is 61.3. The van der Waals surface area contributed by atoms with Crippen LogP contribution < -0.4 is 21.7 Å². The van der Waals surface area contributed by atoms with E-state index in [4.69, 9.17) is 10.8 Å². The molecule has 1 aromatic carbocycles. The molecule has 0 aliphatic heterocycles. The van der Waals surface area contributed by atoms with Gasteiger partial charge in [0.2, 0.25) is 17.7 Å². The van der Waals surface area contributed by atoms with E-state index in [1.807, 2.05) is 27.7 Å². The van der Waals surface area contributed by atoms with Crippen molar-refractivity contribution in [1.82, 2.24) is 16.0 Å². The lowest BCUT2D eigenvalue weighted by Gasteiger charge is -2.26. The number of carboxylic acid groups (broad SMARTS) is 2. The minimum absolute atomic E-state index is 0.00840. The van der Waals surface area contributed by atoms with E-state index < -0.39 is 60.2 Å². The number of nitrogens with two attached hydrogens (primary N) is 1. The lowest BCUT2D eigenvalue weighted by molar-refractivity contribution is -0.142. The van der Waals surface area contributed by atoms with E-state index in [9.17, 15) is 34.2 Å². The van der Waals surface area contributed by atoms with Gasteiger partial charge in [-0.2, -0.15) is 0 Å². The molecule has 0 aliphatic rings. The van der Waals surface area contributed by atoms with Crippen molar-refractivity contribution in [2.24, 2.45) is 17.6 Å². The average molecular weight is 523 g/mol. The second kappa shape index (κ2) is 14.8. The summed E-state index contributed by atoms with van der Waals surface area (Å²) in [5, 5.41) is 35.5. The molecule has 4 unspecified atom stereocenters. The zero-order valence-corrected chi connectivity index (χ0v) is 21.6. The Balaban J connectivity index is 3.16. The van der Waals surface area contributed by atoms with E-state index >= 15 is 0 Å². The number of carbonyl (C=O) groups excluding carboxylic acids is 3. The number of amides is 3. The highest BCUT2D eigenvalue weighted by molar-refractivity contribution is 5.94. The molecule has 12 heteroatoms. The number of carboxylic acids is 2. The van der Waals surface area contributed by atoms with Crippen LogP contribution in [0.25, 0.3) is 0 Å². The van der Waals surface area contributed by atoms with Gasteiger partial charge >= 0.3 is 11.9 Å². The zero-order valence-electron chi connectivity index (χ0n) is 21.6. The Morgan fingerprint density at radius 3 is 1.70 bits per heavy atom.